The van der Waals surface area contributed by atoms with Crippen LogP contribution < -0.4 is 5.32 Å². The molecule has 0 radical (unpaired) electrons. The molecule has 2 rings (SSSR count). The molecule has 1 aromatic rings. The highest BCUT2D eigenvalue weighted by molar-refractivity contribution is 8.14. The van der Waals surface area contributed by atoms with E-state index in [1.165, 1.54) is 11.1 Å². The third kappa shape index (κ3) is 3.25. The van der Waals surface area contributed by atoms with Gasteiger partial charge in [-0.15, -0.1) is 0 Å². The minimum absolute atomic E-state index is 0.0767. The Labute approximate surface area is 108 Å². The number of aryl methyl sites for hydroxylation is 2. The van der Waals surface area contributed by atoms with Crippen LogP contribution in [0.15, 0.2) is 23.2 Å². The van der Waals surface area contributed by atoms with Crippen LogP contribution in [0.4, 0.5) is 5.69 Å². The van der Waals surface area contributed by atoms with Crippen LogP contribution >= 0.6 is 11.8 Å². The highest BCUT2D eigenvalue weighted by atomic mass is 32.2. The molecule has 0 saturated carbocycles. The van der Waals surface area contributed by atoms with Crippen molar-refractivity contribution in [3.63, 3.8) is 0 Å². The number of amidine groups is 1. The molecule has 1 N–H and O–H groups in total. The SMILES string of the molecule is Cc1ccc(NC2=NC(C)(C)CCS2)cc1C. The van der Waals surface area contributed by atoms with E-state index in [-0.39, 0.29) is 5.54 Å². The third-order valence-electron chi connectivity index (χ3n) is 3.12. The summed E-state index contributed by atoms with van der Waals surface area (Å²) in [6.45, 7) is 8.65. The summed E-state index contributed by atoms with van der Waals surface area (Å²) < 4.78 is 0. The lowest BCUT2D eigenvalue weighted by Crippen LogP contribution is -2.27. The lowest BCUT2D eigenvalue weighted by atomic mass is 10.0. The standard InChI is InChI=1S/C14H20N2S/c1-10-5-6-12(9-11(10)2)15-13-16-14(3,4)7-8-17-13/h5-6,9H,7-8H2,1-4H3,(H,15,16). The highest BCUT2D eigenvalue weighted by Gasteiger charge is 2.22. The molecule has 0 saturated heterocycles. The van der Waals surface area contributed by atoms with E-state index in [0.717, 1.165) is 23.0 Å². The van der Waals surface area contributed by atoms with Crippen LogP contribution in [-0.2, 0) is 0 Å². The number of anilines is 1. The number of nitrogens with one attached hydrogen (secondary N) is 1. The van der Waals surface area contributed by atoms with Gasteiger partial charge in [0.25, 0.3) is 0 Å². The van der Waals surface area contributed by atoms with Crippen molar-refractivity contribution in [2.24, 2.45) is 4.99 Å². The molecular weight excluding hydrogens is 228 g/mol. The normalized spacial score (nSPS) is 18.7. The van der Waals surface area contributed by atoms with E-state index in [4.69, 9.17) is 4.99 Å². The number of rotatable bonds is 1. The van der Waals surface area contributed by atoms with E-state index < -0.39 is 0 Å². The molecule has 0 atom stereocenters. The first-order valence-corrected chi connectivity index (χ1v) is 7.02. The van der Waals surface area contributed by atoms with Crippen LogP contribution in [0.1, 0.15) is 31.4 Å². The fourth-order valence-electron chi connectivity index (χ4n) is 1.77. The molecule has 3 heteroatoms. The van der Waals surface area contributed by atoms with Crippen LogP contribution in [0.2, 0.25) is 0 Å². The van der Waals surface area contributed by atoms with Crippen molar-refractivity contribution in [1.82, 2.24) is 0 Å². The highest BCUT2D eigenvalue weighted by Crippen LogP contribution is 2.27. The molecule has 92 valence electrons. The van der Waals surface area contributed by atoms with E-state index in [2.05, 4.69) is 51.2 Å². The lowest BCUT2D eigenvalue weighted by molar-refractivity contribution is 0.507. The van der Waals surface area contributed by atoms with Gasteiger partial charge in [-0.1, -0.05) is 17.8 Å². The van der Waals surface area contributed by atoms with E-state index in [1.807, 2.05) is 11.8 Å². The topological polar surface area (TPSA) is 24.4 Å². The van der Waals surface area contributed by atoms with Crippen molar-refractivity contribution in [2.45, 2.75) is 39.7 Å². The zero-order chi connectivity index (χ0) is 12.5. The van der Waals surface area contributed by atoms with E-state index >= 15 is 0 Å². The molecule has 1 aliphatic rings. The molecule has 0 fully saturated rings. The average molecular weight is 248 g/mol. The summed E-state index contributed by atoms with van der Waals surface area (Å²) in [5, 5.41) is 4.46. The fraction of sp³-hybridized carbons (Fsp3) is 0.500. The van der Waals surface area contributed by atoms with Crippen molar-refractivity contribution < 1.29 is 0 Å². The van der Waals surface area contributed by atoms with Gasteiger partial charge in [-0.05, 0) is 57.4 Å². The van der Waals surface area contributed by atoms with Gasteiger partial charge in [-0.2, -0.15) is 0 Å². The predicted octanol–water partition coefficient (Wildman–Crippen LogP) is 3.99. The largest absolute Gasteiger partial charge is 0.335 e. The number of hydrogen-bond donors (Lipinski definition) is 1. The van der Waals surface area contributed by atoms with Gasteiger partial charge >= 0.3 is 0 Å². The van der Waals surface area contributed by atoms with Gasteiger partial charge in [0.1, 0.15) is 0 Å². The third-order valence-corrected chi connectivity index (χ3v) is 3.99. The molecule has 1 aromatic carbocycles. The molecule has 2 nitrogen and oxygen atoms in total. The maximum Gasteiger partial charge on any atom is 0.161 e. The van der Waals surface area contributed by atoms with Gasteiger partial charge in [0.15, 0.2) is 5.17 Å². The Bertz CT molecular complexity index is 450. The van der Waals surface area contributed by atoms with Gasteiger partial charge in [0, 0.05) is 11.4 Å². The zero-order valence-electron chi connectivity index (χ0n) is 11.0. The van der Waals surface area contributed by atoms with Gasteiger partial charge in [0.2, 0.25) is 0 Å². The number of benzene rings is 1. The Morgan fingerprint density at radius 3 is 2.65 bits per heavy atom. The van der Waals surface area contributed by atoms with Crippen LogP contribution in [0.5, 0.6) is 0 Å². The summed E-state index contributed by atoms with van der Waals surface area (Å²) in [4.78, 5) is 4.73. The first kappa shape index (κ1) is 12.5. The van der Waals surface area contributed by atoms with Gasteiger partial charge in [-0.3, -0.25) is 4.99 Å². The number of nitrogens with zero attached hydrogens (tertiary/aromatic N) is 1. The Kier molecular flexibility index (Phi) is 3.48. The second-order valence-corrected chi connectivity index (χ2v) is 6.34. The van der Waals surface area contributed by atoms with Crippen molar-refractivity contribution in [2.75, 3.05) is 11.1 Å². The predicted molar refractivity (Wildman–Crippen MR) is 78.1 cm³/mol. The minimum atomic E-state index is 0.0767. The Balaban J connectivity index is 2.15. The maximum atomic E-state index is 4.73. The van der Waals surface area contributed by atoms with E-state index in [0.29, 0.717) is 0 Å². The molecule has 0 aliphatic carbocycles. The van der Waals surface area contributed by atoms with E-state index in [9.17, 15) is 0 Å². The van der Waals surface area contributed by atoms with Crippen LogP contribution in [0, 0.1) is 13.8 Å². The van der Waals surface area contributed by atoms with Crippen molar-refractivity contribution in [3.8, 4) is 0 Å². The Morgan fingerprint density at radius 1 is 1.24 bits per heavy atom. The van der Waals surface area contributed by atoms with Gasteiger partial charge in [0.05, 0.1) is 5.54 Å². The summed E-state index contributed by atoms with van der Waals surface area (Å²) in [5.41, 5.74) is 3.86. The molecular formula is C14H20N2S. The minimum Gasteiger partial charge on any atom is -0.335 e. The number of thioether (sulfide) groups is 1. The lowest BCUT2D eigenvalue weighted by Gasteiger charge is -2.26. The first-order valence-electron chi connectivity index (χ1n) is 6.03. The smallest absolute Gasteiger partial charge is 0.161 e. The summed E-state index contributed by atoms with van der Waals surface area (Å²) in [6, 6.07) is 6.45. The molecule has 1 heterocycles. The number of aliphatic imine (C=N–C) groups is 1. The van der Waals surface area contributed by atoms with Gasteiger partial charge in [-0.25, -0.2) is 0 Å². The molecule has 17 heavy (non-hydrogen) atoms. The summed E-state index contributed by atoms with van der Waals surface area (Å²) in [5.74, 6) is 1.14. The monoisotopic (exact) mass is 248 g/mol. The van der Waals surface area contributed by atoms with Crippen LogP contribution in [-0.4, -0.2) is 16.5 Å². The molecule has 0 spiro atoms. The van der Waals surface area contributed by atoms with Crippen molar-refractivity contribution in [1.29, 1.82) is 0 Å². The van der Waals surface area contributed by atoms with Crippen molar-refractivity contribution in [3.05, 3.63) is 29.3 Å². The fourth-order valence-corrected chi connectivity index (χ4v) is 3.06. The zero-order valence-corrected chi connectivity index (χ0v) is 11.8. The average Bonchev–Trinajstić information content (AvgIpc) is 2.22. The molecule has 0 aromatic heterocycles. The second-order valence-electron chi connectivity index (χ2n) is 5.25. The summed E-state index contributed by atoms with van der Waals surface area (Å²) in [7, 11) is 0. The van der Waals surface area contributed by atoms with Crippen LogP contribution in [0.3, 0.4) is 0 Å². The maximum absolute atomic E-state index is 4.73. The van der Waals surface area contributed by atoms with E-state index in [1.54, 1.807) is 0 Å². The summed E-state index contributed by atoms with van der Waals surface area (Å²) >= 11 is 1.81. The number of hydrogen-bond acceptors (Lipinski definition) is 3. The van der Waals surface area contributed by atoms with Gasteiger partial charge < -0.3 is 5.32 Å². The molecule has 1 aliphatic heterocycles. The van der Waals surface area contributed by atoms with Crippen LogP contribution in [0.25, 0.3) is 0 Å². The quantitative estimate of drug-likeness (QED) is 0.812. The Hall–Kier alpha value is -0.960. The Morgan fingerprint density at radius 2 is 2.00 bits per heavy atom. The molecule has 0 bridgehead atoms. The van der Waals surface area contributed by atoms with Crippen molar-refractivity contribution >= 4 is 22.6 Å². The molecule has 0 unspecified atom stereocenters. The first-order chi connectivity index (χ1) is 7.96. The second kappa shape index (κ2) is 4.73. The molecule has 0 amide bonds. The summed E-state index contributed by atoms with van der Waals surface area (Å²) in [6.07, 6.45) is 1.15.